The molecule has 0 amide bonds. The molecular formula is C23H26Br3N3O. The van der Waals surface area contributed by atoms with E-state index in [0.717, 1.165) is 62.8 Å². The van der Waals surface area contributed by atoms with Gasteiger partial charge in [-0.05, 0) is 118 Å². The van der Waals surface area contributed by atoms with Crippen LogP contribution < -0.4 is 4.90 Å². The average Bonchev–Trinajstić information content (AvgIpc) is 2.95. The van der Waals surface area contributed by atoms with E-state index in [1.54, 1.807) is 0 Å². The third kappa shape index (κ3) is 3.98. The van der Waals surface area contributed by atoms with Crippen molar-refractivity contribution in [3.8, 4) is 5.69 Å². The number of hydrogen-bond donors (Lipinski definition) is 1. The number of halogens is 3. The summed E-state index contributed by atoms with van der Waals surface area (Å²) in [6, 6.07) is 6.44. The lowest BCUT2D eigenvalue weighted by atomic mass is 9.93. The van der Waals surface area contributed by atoms with E-state index in [1.807, 2.05) is 0 Å². The van der Waals surface area contributed by atoms with E-state index in [9.17, 15) is 5.11 Å². The molecule has 4 nitrogen and oxygen atoms in total. The van der Waals surface area contributed by atoms with Crippen molar-refractivity contribution in [2.45, 2.75) is 40.0 Å². The highest BCUT2D eigenvalue weighted by Crippen LogP contribution is 2.40. The first-order chi connectivity index (χ1) is 14.3. The second kappa shape index (κ2) is 8.93. The van der Waals surface area contributed by atoms with Gasteiger partial charge in [0.2, 0.25) is 0 Å². The zero-order chi connectivity index (χ0) is 21.6. The maximum Gasteiger partial charge on any atom is 0.147 e. The highest BCUT2D eigenvalue weighted by Gasteiger charge is 2.25. The molecule has 1 aliphatic rings. The molecule has 1 saturated heterocycles. The third-order valence-corrected chi connectivity index (χ3v) is 8.78. The molecule has 4 rings (SSSR count). The Morgan fingerprint density at radius 3 is 2.30 bits per heavy atom. The van der Waals surface area contributed by atoms with Crippen LogP contribution in [-0.2, 0) is 0 Å². The van der Waals surface area contributed by atoms with Crippen LogP contribution in [0.1, 0.15) is 36.2 Å². The number of anilines is 1. The molecule has 0 unspecified atom stereocenters. The molecule has 1 aromatic carbocycles. The van der Waals surface area contributed by atoms with Gasteiger partial charge < -0.3 is 10.0 Å². The lowest BCUT2D eigenvalue weighted by Crippen LogP contribution is -2.34. The molecule has 0 aliphatic carbocycles. The molecule has 160 valence electrons. The molecule has 1 aliphatic heterocycles. The topological polar surface area (TPSA) is 41.3 Å². The molecule has 0 radical (unpaired) electrons. The number of pyridine rings is 1. The van der Waals surface area contributed by atoms with Gasteiger partial charge in [0, 0.05) is 55.6 Å². The van der Waals surface area contributed by atoms with Gasteiger partial charge in [-0.1, -0.05) is 0 Å². The molecule has 2 aromatic heterocycles. The van der Waals surface area contributed by atoms with Crippen LogP contribution in [0.25, 0.3) is 16.7 Å². The fourth-order valence-corrected chi connectivity index (χ4v) is 6.04. The van der Waals surface area contributed by atoms with Crippen LogP contribution in [-0.4, -0.2) is 34.4 Å². The predicted octanol–water partition coefficient (Wildman–Crippen LogP) is 6.84. The van der Waals surface area contributed by atoms with Crippen molar-refractivity contribution in [1.82, 2.24) is 9.55 Å². The number of nitrogens with zero attached hydrogens (tertiary/aromatic N) is 3. The lowest BCUT2D eigenvalue weighted by molar-refractivity contribution is 0.240. The van der Waals surface area contributed by atoms with E-state index in [1.165, 1.54) is 22.3 Å². The van der Waals surface area contributed by atoms with Crippen molar-refractivity contribution in [1.29, 1.82) is 0 Å². The Morgan fingerprint density at radius 1 is 0.967 bits per heavy atom. The van der Waals surface area contributed by atoms with Crippen molar-refractivity contribution in [2.24, 2.45) is 5.92 Å². The van der Waals surface area contributed by atoms with Gasteiger partial charge in [-0.2, -0.15) is 0 Å². The highest BCUT2D eigenvalue weighted by atomic mass is 79.9. The van der Waals surface area contributed by atoms with Crippen molar-refractivity contribution in [2.75, 3.05) is 24.6 Å². The van der Waals surface area contributed by atoms with E-state index in [0.29, 0.717) is 12.5 Å². The Morgan fingerprint density at radius 2 is 1.63 bits per heavy atom. The lowest BCUT2D eigenvalue weighted by Gasteiger charge is -2.34. The summed E-state index contributed by atoms with van der Waals surface area (Å²) in [6.45, 7) is 8.81. The first-order valence-corrected chi connectivity index (χ1v) is 12.7. The van der Waals surface area contributed by atoms with E-state index < -0.39 is 0 Å². The van der Waals surface area contributed by atoms with Crippen molar-refractivity contribution in [3.63, 3.8) is 0 Å². The number of aliphatic hydroxyl groups is 1. The maximum atomic E-state index is 9.28. The van der Waals surface area contributed by atoms with Gasteiger partial charge in [-0.3, -0.25) is 4.57 Å². The molecule has 7 heteroatoms. The van der Waals surface area contributed by atoms with Gasteiger partial charge >= 0.3 is 0 Å². The molecule has 0 bridgehead atoms. The molecule has 0 spiro atoms. The molecule has 1 N–H and O–H groups in total. The van der Waals surface area contributed by atoms with Crippen molar-refractivity contribution >= 4 is 64.5 Å². The van der Waals surface area contributed by atoms with Gasteiger partial charge in [0.1, 0.15) is 5.65 Å². The summed E-state index contributed by atoms with van der Waals surface area (Å²) in [4.78, 5) is 7.49. The summed E-state index contributed by atoms with van der Waals surface area (Å²) < 4.78 is 5.31. The van der Waals surface area contributed by atoms with E-state index in [-0.39, 0.29) is 0 Å². The fraction of sp³-hybridized carbons (Fsp3) is 0.435. The Labute approximate surface area is 203 Å². The minimum atomic E-state index is 0.294. The summed E-state index contributed by atoms with van der Waals surface area (Å²) in [5, 5.41) is 10.5. The second-order valence-corrected chi connectivity index (χ2v) is 10.8. The van der Waals surface area contributed by atoms with Gasteiger partial charge in [0.05, 0.1) is 5.69 Å². The number of rotatable bonds is 4. The van der Waals surface area contributed by atoms with E-state index in [4.69, 9.17) is 4.98 Å². The van der Waals surface area contributed by atoms with Crippen LogP contribution in [0.2, 0.25) is 0 Å². The summed E-state index contributed by atoms with van der Waals surface area (Å²) >= 11 is 11.0. The van der Waals surface area contributed by atoms with Crippen LogP contribution >= 0.6 is 47.8 Å². The quantitative estimate of drug-likeness (QED) is 0.334. The average molecular weight is 600 g/mol. The number of fused-ring (bicyclic) bond motifs is 1. The van der Waals surface area contributed by atoms with E-state index >= 15 is 0 Å². The number of hydrogen-bond acceptors (Lipinski definition) is 3. The number of aryl methyl sites for hydroxylation is 2. The highest BCUT2D eigenvalue weighted by molar-refractivity contribution is 9.13. The molecular weight excluding hydrogens is 574 g/mol. The number of aromatic nitrogens is 2. The minimum Gasteiger partial charge on any atom is -0.396 e. The Balaban J connectivity index is 1.87. The predicted molar refractivity (Wildman–Crippen MR) is 135 cm³/mol. The molecule has 30 heavy (non-hydrogen) atoms. The minimum absolute atomic E-state index is 0.294. The normalized spacial score (nSPS) is 15.4. The Hall–Kier alpha value is -0.890. The molecule has 3 heterocycles. The molecule has 0 saturated carbocycles. The molecule has 3 aromatic rings. The zero-order valence-corrected chi connectivity index (χ0v) is 22.2. The van der Waals surface area contributed by atoms with Gasteiger partial charge in [0.15, 0.2) is 0 Å². The Bertz CT molecular complexity index is 1100. The smallest absolute Gasteiger partial charge is 0.147 e. The maximum absolute atomic E-state index is 9.28. The summed E-state index contributed by atoms with van der Waals surface area (Å²) in [5.74, 6) is 0.633. The van der Waals surface area contributed by atoms with Crippen LogP contribution in [0.15, 0.2) is 31.6 Å². The van der Waals surface area contributed by atoms with Crippen LogP contribution in [0.3, 0.4) is 0 Å². The summed E-state index contributed by atoms with van der Waals surface area (Å²) in [5.41, 5.74) is 6.87. The monoisotopic (exact) mass is 597 g/mol. The standard InChI is InChI=1S/C23H26Br3N3O/c1-13-10-21(28-7-4-16(5-8-28)6-9-30)22-14(2)15(3)29(23(22)27-13)20-12-18(25)17(24)11-19(20)26/h10-12,16,30H,4-9H2,1-3H3. The number of aliphatic hydroxyl groups excluding tert-OH is 1. The van der Waals surface area contributed by atoms with Gasteiger partial charge in [-0.15, -0.1) is 0 Å². The van der Waals surface area contributed by atoms with Crippen LogP contribution in [0.4, 0.5) is 5.69 Å². The van der Waals surface area contributed by atoms with Crippen LogP contribution in [0, 0.1) is 26.7 Å². The first-order valence-electron chi connectivity index (χ1n) is 10.3. The third-order valence-electron chi connectivity index (χ3n) is 6.30. The largest absolute Gasteiger partial charge is 0.396 e. The Kier molecular flexibility index (Phi) is 6.64. The van der Waals surface area contributed by atoms with Crippen LogP contribution in [0.5, 0.6) is 0 Å². The number of piperidine rings is 1. The second-order valence-electron chi connectivity index (χ2n) is 8.19. The zero-order valence-electron chi connectivity index (χ0n) is 17.5. The summed E-state index contributed by atoms with van der Waals surface area (Å²) in [6.07, 6.45) is 3.18. The van der Waals surface area contributed by atoms with E-state index in [2.05, 4.69) is 96.2 Å². The van der Waals surface area contributed by atoms with Crippen molar-refractivity contribution in [3.05, 3.63) is 48.6 Å². The van der Waals surface area contributed by atoms with Gasteiger partial charge in [0.25, 0.3) is 0 Å². The molecule has 0 atom stereocenters. The van der Waals surface area contributed by atoms with Crippen molar-refractivity contribution < 1.29 is 5.11 Å². The summed E-state index contributed by atoms with van der Waals surface area (Å²) in [7, 11) is 0. The molecule has 1 fully saturated rings. The first kappa shape index (κ1) is 22.3. The number of benzene rings is 1. The van der Waals surface area contributed by atoms with Gasteiger partial charge in [-0.25, -0.2) is 4.98 Å². The fourth-order valence-electron chi connectivity index (χ4n) is 4.54. The SMILES string of the molecule is Cc1cc(N2CCC(CCO)CC2)c2c(C)c(C)n(-c3cc(Br)c(Br)cc3Br)c2n1.